The standard InChI is InChI=1S/C19H26N4/c1-4-5-8-11-20-18-13-19(22-15(3)21-18)23-14(2)12-16-9-6-7-10-17(16)23/h6-7,9-10,13-14H,4-5,8,11-12H2,1-3H3,(H,20,21,22). The lowest BCUT2D eigenvalue weighted by molar-refractivity contribution is 0.738. The molecule has 1 aromatic carbocycles. The lowest BCUT2D eigenvalue weighted by Gasteiger charge is -2.24. The number of unbranched alkanes of at least 4 members (excludes halogenated alkanes) is 2. The van der Waals surface area contributed by atoms with Gasteiger partial charge in [0.05, 0.1) is 0 Å². The number of anilines is 3. The molecule has 1 unspecified atom stereocenters. The molecule has 23 heavy (non-hydrogen) atoms. The summed E-state index contributed by atoms with van der Waals surface area (Å²) in [5.41, 5.74) is 2.67. The number of benzene rings is 1. The molecule has 0 bridgehead atoms. The lowest BCUT2D eigenvalue weighted by atomic mass is 10.1. The summed E-state index contributed by atoms with van der Waals surface area (Å²) in [6.45, 7) is 7.41. The van der Waals surface area contributed by atoms with Gasteiger partial charge in [-0.25, -0.2) is 9.97 Å². The van der Waals surface area contributed by atoms with E-state index in [-0.39, 0.29) is 0 Å². The third kappa shape index (κ3) is 3.46. The van der Waals surface area contributed by atoms with Crippen LogP contribution < -0.4 is 10.2 Å². The second-order valence-corrected chi connectivity index (χ2v) is 6.34. The van der Waals surface area contributed by atoms with Gasteiger partial charge in [0.25, 0.3) is 0 Å². The molecule has 1 aromatic heterocycles. The quantitative estimate of drug-likeness (QED) is 0.799. The summed E-state index contributed by atoms with van der Waals surface area (Å²) >= 11 is 0. The molecule has 0 fully saturated rings. The molecule has 4 heteroatoms. The van der Waals surface area contributed by atoms with Crippen LogP contribution in [0.2, 0.25) is 0 Å². The first-order chi connectivity index (χ1) is 11.2. The summed E-state index contributed by atoms with van der Waals surface area (Å²) in [7, 11) is 0. The first kappa shape index (κ1) is 15.8. The zero-order valence-electron chi connectivity index (χ0n) is 14.3. The Kier molecular flexibility index (Phi) is 4.79. The Balaban J connectivity index is 1.84. The molecule has 0 spiro atoms. The van der Waals surface area contributed by atoms with Crippen LogP contribution in [0, 0.1) is 6.92 Å². The minimum Gasteiger partial charge on any atom is -0.370 e. The topological polar surface area (TPSA) is 41.0 Å². The van der Waals surface area contributed by atoms with Gasteiger partial charge >= 0.3 is 0 Å². The molecule has 1 aliphatic heterocycles. The molecule has 1 N–H and O–H groups in total. The number of fused-ring (bicyclic) bond motifs is 1. The highest BCUT2D eigenvalue weighted by Crippen LogP contribution is 2.37. The van der Waals surface area contributed by atoms with Crippen LogP contribution in [0.3, 0.4) is 0 Å². The van der Waals surface area contributed by atoms with Gasteiger partial charge in [-0.1, -0.05) is 38.0 Å². The predicted molar refractivity (Wildman–Crippen MR) is 96.5 cm³/mol. The van der Waals surface area contributed by atoms with E-state index in [1.54, 1.807) is 0 Å². The Morgan fingerprint density at radius 2 is 2.04 bits per heavy atom. The first-order valence-corrected chi connectivity index (χ1v) is 8.65. The van der Waals surface area contributed by atoms with Gasteiger partial charge in [-0.05, 0) is 38.3 Å². The average molecular weight is 310 g/mol. The highest BCUT2D eigenvalue weighted by molar-refractivity contribution is 5.70. The molecule has 3 rings (SSSR count). The Morgan fingerprint density at radius 3 is 2.87 bits per heavy atom. The summed E-state index contributed by atoms with van der Waals surface area (Å²) in [6, 6.07) is 11.1. The highest BCUT2D eigenvalue weighted by Gasteiger charge is 2.28. The Labute approximate surface area is 139 Å². The molecule has 0 aliphatic carbocycles. The Bertz CT molecular complexity index is 668. The molecular weight excluding hydrogens is 284 g/mol. The van der Waals surface area contributed by atoms with Crippen LogP contribution in [0.5, 0.6) is 0 Å². The molecule has 0 amide bonds. The summed E-state index contributed by atoms with van der Waals surface area (Å²) < 4.78 is 0. The number of aryl methyl sites for hydroxylation is 1. The number of hydrogen-bond donors (Lipinski definition) is 1. The number of para-hydroxylation sites is 1. The first-order valence-electron chi connectivity index (χ1n) is 8.65. The van der Waals surface area contributed by atoms with Crippen molar-refractivity contribution in [1.82, 2.24) is 9.97 Å². The van der Waals surface area contributed by atoms with Crippen molar-refractivity contribution in [3.05, 3.63) is 41.7 Å². The van der Waals surface area contributed by atoms with Crippen LogP contribution in [-0.4, -0.2) is 22.6 Å². The van der Waals surface area contributed by atoms with E-state index in [0.29, 0.717) is 6.04 Å². The molecule has 1 atom stereocenters. The molecule has 0 saturated carbocycles. The van der Waals surface area contributed by atoms with Gasteiger partial charge in [0.15, 0.2) is 0 Å². The SMILES string of the molecule is CCCCCNc1cc(N2c3ccccc3CC2C)nc(C)n1. The zero-order chi connectivity index (χ0) is 16.2. The molecular formula is C19H26N4. The maximum atomic E-state index is 4.68. The van der Waals surface area contributed by atoms with Gasteiger partial charge in [-0.15, -0.1) is 0 Å². The van der Waals surface area contributed by atoms with Gasteiger partial charge < -0.3 is 10.2 Å². The van der Waals surface area contributed by atoms with E-state index in [4.69, 9.17) is 0 Å². The monoisotopic (exact) mass is 310 g/mol. The van der Waals surface area contributed by atoms with Crippen molar-refractivity contribution < 1.29 is 0 Å². The maximum absolute atomic E-state index is 4.68. The fourth-order valence-electron chi connectivity index (χ4n) is 3.27. The van der Waals surface area contributed by atoms with E-state index in [9.17, 15) is 0 Å². The van der Waals surface area contributed by atoms with Gasteiger partial charge in [-0.2, -0.15) is 0 Å². The summed E-state index contributed by atoms with van der Waals surface area (Å²) in [5.74, 6) is 2.74. The zero-order valence-corrected chi connectivity index (χ0v) is 14.3. The molecule has 4 nitrogen and oxygen atoms in total. The Morgan fingerprint density at radius 1 is 1.22 bits per heavy atom. The number of aromatic nitrogens is 2. The van der Waals surface area contributed by atoms with Crippen molar-refractivity contribution in [1.29, 1.82) is 0 Å². The molecule has 1 aliphatic rings. The average Bonchev–Trinajstić information content (AvgIpc) is 2.87. The van der Waals surface area contributed by atoms with Crippen molar-refractivity contribution in [3.63, 3.8) is 0 Å². The summed E-state index contributed by atoms with van der Waals surface area (Å²) in [6.07, 6.45) is 4.73. The van der Waals surface area contributed by atoms with Gasteiger partial charge in [0.1, 0.15) is 17.5 Å². The van der Waals surface area contributed by atoms with Gasteiger partial charge in [0.2, 0.25) is 0 Å². The largest absolute Gasteiger partial charge is 0.370 e. The van der Waals surface area contributed by atoms with Gasteiger partial charge in [-0.3, -0.25) is 0 Å². The normalized spacial score (nSPS) is 16.5. The summed E-state index contributed by atoms with van der Waals surface area (Å²) in [4.78, 5) is 11.6. The van der Waals surface area contributed by atoms with E-state index in [2.05, 4.69) is 64.4 Å². The molecule has 122 valence electrons. The van der Waals surface area contributed by atoms with Crippen LogP contribution in [0.15, 0.2) is 30.3 Å². The van der Waals surface area contributed by atoms with Crippen molar-refractivity contribution in [3.8, 4) is 0 Å². The Hall–Kier alpha value is -2.10. The molecule has 0 saturated heterocycles. The second-order valence-electron chi connectivity index (χ2n) is 6.34. The minimum atomic E-state index is 0.426. The van der Waals surface area contributed by atoms with E-state index in [0.717, 1.165) is 30.4 Å². The predicted octanol–water partition coefficient (Wildman–Crippen LogP) is 4.47. The summed E-state index contributed by atoms with van der Waals surface area (Å²) in [5, 5.41) is 3.45. The smallest absolute Gasteiger partial charge is 0.139 e. The van der Waals surface area contributed by atoms with Crippen LogP contribution in [0.25, 0.3) is 0 Å². The van der Waals surface area contributed by atoms with Crippen molar-refractivity contribution in [2.24, 2.45) is 0 Å². The third-order valence-corrected chi connectivity index (χ3v) is 4.36. The molecule has 0 radical (unpaired) electrons. The van der Waals surface area contributed by atoms with Crippen molar-refractivity contribution in [2.45, 2.75) is 52.5 Å². The van der Waals surface area contributed by atoms with Crippen molar-refractivity contribution in [2.75, 3.05) is 16.8 Å². The van der Waals surface area contributed by atoms with Crippen LogP contribution in [-0.2, 0) is 6.42 Å². The lowest BCUT2D eigenvalue weighted by Crippen LogP contribution is -2.25. The molecule has 2 heterocycles. The number of rotatable bonds is 6. The second kappa shape index (κ2) is 6.99. The van der Waals surface area contributed by atoms with Crippen LogP contribution in [0.4, 0.5) is 17.3 Å². The van der Waals surface area contributed by atoms with Crippen molar-refractivity contribution >= 4 is 17.3 Å². The third-order valence-electron chi connectivity index (χ3n) is 4.36. The minimum absolute atomic E-state index is 0.426. The highest BCUT2D eigenvalue weighted by atomic mass is 15.2. The number of hydrogen-bond acceptors (Lipinski definition) is 4. The van der Waals surface area contributed by atoms with Crippen LogP contribution >= 0.6 is 0 Å². The van der Waals surface area contributed by atoms with E-state index >= 15 is 0 Å². The van der Waals surface area contributed by atoms with E-state index in [1.165, 1.54) is 30.5 Å². The molecule has 2 aromatic rings. The fourth-order valence-corrected chi connectivity index (χ4v) is 3.27. The fraction of sp³-hybridized carbons (Fsp3) is 0.474. The van der Waals surface area contributed by atoms with E-state index in [1.807, 2.05) is 6.92 Å². The number of nitrogens with one attached hydrogen (secondary N) is 1. The number of nitrogens with zero attached hydrogens (tertiary/aromatic N) is 3. The van der Waals surface area contributed by atoms with Crippen LogP contribution in [0.1, 0.15) is 44.5 Å². The maximum Gasteiger partial charge on any atom is 0.139 e. The van der Waals surface area contributed by atoms with E-state index < -0.39 is 0 Å². The van der Waals surface area contributed by atoms with Gasteiger partial charge in [0, 0.05) is 24.3 Å².